The van der Waals surface area contributed by atoms with Crippen LogP contribution in [0, 0.1) is 5.92 Å². The molecule has 0 bridgehead atoms. The first kappa shape index (κ1) is 22.6. The molecule has 1 aromatic carbocycles. The number of benzene rings is 1. The molecule has 31 heavy (non-hydrogen) atoms. The zero-order valence-electron chi connectivity index (χ0n) is 18.0. The number of amides is 1. The van der Waals surface area contributed by atoms with E-state index < -0.39 is 0 Å². The van der Waals surface area contributed by atoms with Crippen molar-refractivity contribution in [2.45, 2.75) is 33.4 Å². The maximum absolute atomic E-state index is 12.2. The second-order valence-corrected chi connectivity index (χ2v) is 8.45. The van der Waals surface area contributed by atoms with Crippen molar-refractivity contribution in [3.05, 3.63) is 70.7 Å². The van der Waals surface area contributed by atoms with Crippen molar-refractivity contribution in [2.75, 3.05) is 18.4 Å². The summed E-state index contributed by atoms with van der Waals surface area (Å²) < 4.78 is 1.59. The van der Waals surface area contributed by atoms with Gasteiger partial charge >= 0.3 is 0 Å². The van der Waals surface area contributed by atoms with Crippen molar-refractivity contribution in [2.24, 2.45) is 10.9 Å². The number of aliphatic imine (C=N–C) groups is 1. The van der Waals surface area contributed by atoms with Crippen LogP contribution in [0.25, 0.3) is 0 Å². The summed E-state index contributed by atoms with van der Waals surface area (Å²) in [5, 5.41) is 15.8. The van der Waals surface area contributed by atoms with Crippen LogP contribution in [0.3, 0.4) is 0 Å². The van der Waals surface area contributed by atoms with Crippen LogP contribution >= 0.6 is 11.3 Å². The summed E-state index contributed by atoms with van der Waals surface area (Å²) in [4.78, 5) is 18.3. The van der Waals surface area contributed by atoms with E-state index in [-0.39, 0.29) is 12.5 Å². The van der Waals surface area contributed by atoms with Crippen LogP contribution in [0.15, 0.2) is 65.2 Å². The van der Waals surface area contributed by atoms with Crippen molar-refractivity contribution in [3.63, 3.8) is 0 Å². The first-order valence-electron chi connectivity index (χ1n) is 10.5. The quantitative estimate of drug-likeness (QED) is 0.334. The molecule has 3 rings (SSSR count). The SMILES string of the molecule is CCNC(=NCc1cccc(NC(=O)Cn2cccn2)c1)NCC(C)Cc1cccs1. The van der Waals surface area contributed by atoms with E-state index in [4.69, 9.17) is 4.99 Å². The molecule has 8 heteroatoms. The molecule has 164 valence electrons. The molecule has 1 amide bonds. The number of carbonyl (C=O) groups excluding carboxylic acids is 1. The van der Waals surface area contributed by atoms with Gasteiger partial charge in [0.15, 0.2) is 5.96 Å². The fraction of sp³-hybridized carbons (Fsp3) is 0.348. The molecule has 1 unspecified atom stereocenters. The molecule has 2 heterocycles. The molecular formula is C23H30N6OS. The topological polar surface area (TPSA) is 83.3 Å². The van der Waals surface area contributed by atoms with Crippen molar-refractivity contribution in [3.8, 4) is 0 Å². The Kier molecular flexibility index (Phi) is 8.66. The van der Waals surface area contributed by atoms with Crippen LogP contribution in [0.2, 0.25) is 0 Å². The van der Waals surface area contributed by atoms with Crippen LogP contribution in [0.1, 0.15) is 24.3 Å². The number of nitrogens with zero attached hydrogens (tertiary/aromatic N) is 3. The van der Waals surface area contributed by atoms with Gasteiger partial charge in [0, 0.05) is 36.0 Å². The Hall–Kier alpha value is -3.13. The summed E-state index contributed by atoms with van der Waals surface area (Å²) in [6.07, 6.45) is 4.48. The molecule has 0 aliphatic heterocycles. The lowest BCUT2D eigenvalue weighted by Crippen LogP contribution is -2.39. The number of nitrogens with one attached hydrogen (secondary N) is 3. The summed E-state index contributed by atoms with van der Waals surface area (Å²) in [5.74, 6) is 1.20. The number of anilines is 1. The highest BCUT2D eigenvalue weighted by Gasteiger charge is 2.07. The second kappa shape index (κ2) is 11.9. The van der Waals surface area contributed by atoms with Crippen LogP contribution in [0.5, 0.6) is 0 Å². The zero-order chi connectivity index (χ0) is 21.9. The Balaban J connectivity index is 1.52. The van der Waals surface area contributed by atoms with E-state index in [9.17, 15) is 4.79 Å². The van der Waals surface area contributed by atoms with Crippen molar-refractivity contribution < 1.29 is 4.79 Å². The fourth-order valence-corrected chi connectivity index (χ4v) is 3.99. The number of hydrogen-bond acceptors (Lipinski definition) is 4. The zero-order valence-corrected chi connectivity index (χ0v) is 18.9. The summed E-state index contributed by atoms with van der Waals surface area (Å²) >= 11 is 1.80. The molecule has 0 radical (unpaired) electrons. The van der Waals surface area contributed by atoms with E-state index in [1.54, 1.807) is 34.5 Å². The Morgan fingerprint density at radius 3 is 2.87 bits per heavy atom. The molecule has 0 fully saturated rings. The van der Waals surface area contributed by atoms with E-state index >= 15 is 0 Å². The Labute approximate surface area is 187 Å². The highest BCUT2D eigenvalue weighted by Crippen LogP contribution is 2.14. The van der Waals surface area contributed by atoms with Crippen LogP contribution in [-0.4, -0.2) is 34.7 Å². The van der Waals surface area contributed by atoms with Gasteiger partial charge in [-0.2, -0.15) is 5.10 Å². The Bertz CT molecular complexity index is 952. The molecular weight excluding hydrogens is 408 g/mol. The van der Waals surface area contributed by atoms with Gasteiger partial charge in [0.2, 0.25) is 5.91 Å². The third-order valence-electron chi connectivity index (χ3n) is 4.59. The smallest absolute Gasteiger partial charge is 0.246 e. The minimum Gasteiger partial charge on any atom is -0.357 e. The van der Waals surface area contributed by atoms with Gasteiger partial charge in [0.25, 0.3) is 0 Å². The minimum atomic E-state index is -0.112. The van der Waals surface area contributed by atoms with Gasteiger partial charge in [0.1, 0.15) is 6.54 Å². The predicted octanol–water partition coefficient (Wildman–Crippen LogP) is 3.52. The molecule has 0 saturated carbocycles. The average molecular weight is 439 g/mol. The van der Waals surface area contributed by atoms with Gasteiger partial charge in [-0.25, -0.2) is 4.99 Å². The number of carbonyl (C=O) groups is 1. The van der Waals surface area contributed by atoms with E-state index in [2.05, 4.69) is 52.4 Å². The van der Waals surface area contributed by atoms with Crippen molar-refractivity contribution in [1.82, 2.24) is 20.4 Å². The molecule has 0 aliphatic carbocycles. The second-order valence-electron chi connectivity index (χ2n) is 7.42. The maximum atomic E-state index is 12.2. The molecule has 7 nitrogen and oxygen atoms in total. The molecule has 2 aromatic heterocycles. The summed E-state index contributed by atoms with van der Waals surface area (Å²) in [6.45, 7) is 6.67. The number of rotatable bonds is 10. The molecule has 0 saturated heterocycles. The average Bonchev–Trinajstić information content (AvgIpc) is 3.44. The Morgan fingerprint density at radius 2 is 2.13 bits per heavy atom. The third kappa shape index (κ3) is 7.90. The molecule has 3 N–H and O–H groups in total. The van der Waals surface area contributed by atoms with Gasteiger partial charge < -0.3 is 16.0 Å². The third-order valence-corrected chi connectivity index (χ3v) is 5.49. The summed E-state index contributed by atoms with van der Waals surface area (Å²) in [6, 6.07) is 13.8. The number of guanidine groups is 1. The predicted molar refractivity (Wildman–Crippen MR) is 127 cm³/mol. The molecule has 1 atom stereocenters. The molecule has 0 aliphatic rings. The van der Waals surface area contributed by atoms with Gasteiger partial charge in [-0.1, -0.05) is 25.1 Å². The number of aromatic nitrogens is 2. The molecule has 0 spiro atoms. The maximum Gasteiger partial charge on any atom is 0.246 e. The lowest BCUT2D eigenvalue weighted by Gasteiger charge is -2.15. The molecule has 3 aromatic rings. The van der Waals surface area contributed by atoms with Gasteiger partial charge in [-0.05, 0) is 54.5 Å². The number of thiophene rings is 1. The van der Waals surface area contributed by atoms with Crippen LogP contribution < -0.4 is 16.0 Å². The summed E-state index contributed by atoms with van der Waals surface area (Å²) in [5.41, 5.74) is 1.79. The van der Waals surface area contributed by atoms with E-state index in [0.717, 1.165) is 36.7 Å². The van der Waals surface area contributed by atoms with Crippen LogP contribution in [-0.2, 0) is 24.3 Å². The highest BCUT2D eigenvalue weighted by molar-refractivity contribution is 7.09. The largest absolute Gasteiger partial charge is 0.357 e. The van der Waals surface area contributed by atoms with Crippen molar-refractivity contribution in [1.29, 1.82) is 0 Å². The first-order valence-corrected chi connectivity index (χ1v) is 11.4. The van der Waals surface area contributed by atoms with Gasteiger partial charge in [-0.15, -0.1) is 11.3 Å². The monoisotopic (exact) mass is 438 g/mol. The lowest BCUT2D eigenvalue weighted by molar-refractivity contribution is -0.116. The highest BCUT2D eigenvalue weighted by atomic mass is 32.1. The lowest BCUT2D eigenvalue weighted by atomic mass is 10.1. The first-order chi connectivity index (χ1) is 15.1. The summed E-state index contributed by atoms with van der Waals surface area (Å²) in [7, 11) is 0. The normalized spacial score (nSPS) is 12.4. The van der Waals surface area contributed by atoms with Crippen molar-refractivity contribution >= 4 is 28.9 Å². The van der Waals surface area contributed by atoms with E-state index in [1.165, 1.54) is 4.88 Å². The number of hydrogen-bond donors (Lipinski definition) is 3. The van der Waals surface area contributed by atoms with Crippen LogP contribution in [0.4, 0.5) is 5.69 Å². The minimum absolute atomic E-state index is 0.112. The standard InChI is InChI=1S/C23H30N6OS/c1-3-24-23(25-15-18(2)13-21-9-5-12-31-21)26-16-19-7-4-8-20(14-19)28-22(30)17-29-11-6-10-27-29/h4-12,14,18H,3,13,15-17H2,1-2H3,(H,28,30)(H2,24,25,26). The van der Waals surface area contributed by atoms with Gasteiger partial charge in [0.05, 0.1) is 6.54 Å². The van der Waals surface area contributed by atoms with Gasteiger partial charge in [-0.3, -0.25) is 9.48 Å². The fourth-order valence-electron chi connectivity index (χ4n) is 3.12. The van der Waals surface area contributed by atoms with E-state index in [1.807, 2.05) is 24.3 Å². The van der Waals surface area contributed by atoms with E-state index in [0.29, 0.717) is 12.5 Å². The Morgan fingerprint density at radius 1 is 1.23 bits per heavy atom.